The average Bonchev–Trinajstić information content (AvgIpc) is 2.47. The zero-order valence-electron chi connectivity index (χ0n) is 9.54. The van der Waals surface area contributed by atoms with Crippen LogP contribution in [0.25, 0.3) is 0 Å². The predicted octanol–water partition coefficient (Wildman–Crippen LogP) is 1.07. The molecule has 0 heterocycles. The second-order valence-electron chi connectivity index (χ2n) is 3.65. The summed E-state index contributed by atoms with van der Waals surface area (Å²) in [5.41, 5.74) is 2.49. The first kappa shape index (κ1) is 12.4. The standard InChI is InChI=1S/C13H11N2O2P/c14-15-13(16)10-6-8-12(9-7-10)18(17)11-4-2-1-3-5-11/h1-9H,(H2-,14,15,16,17)/p+1. The lowest BCUT2D eigenvalue weighted by Gasteiger charge is -1.97. The molecule has 0 saturated carbocycles. The Morgan fingerprint density at radius 3 is 2.06 bits per heavy atom. The normalized spacial score (nSPS) is 10.8. The second kappa shape index (κ2) is 5.54. The zero-order chi connectivity index (χ0) is 13.0. The number of carbonyl (C=O) groups is 1. The molecule has 0 aromatic heterocycles. The molecule has 2 aromatic carbocycles. The highest BCUT2D eigenvalue weighted by atomic mass is 31.1. The smallest absolute Gasteiger partial charge is 0.290 e. The molecule has 1 unspecified atom stereocenters. The topological polar surface area (TPSA) is 72.2 Å². The minimum atomic E-state index is -1.62. The third kappa shape index (κ3) is 2.62. The summed E-state index contributed by atoms with van der Waals surface area (Å²) in [5.74, 6) is 4.67. The maximum Gasteiger partial charge on any atom is 0.415 e. The maximum atomic E-state index is 12.2. The molecule has 0 saturated heterocycles. The molecular formula is C13H12N2O2P+. The van der Waals surface area contributed by atoms with Gasteiger partial charge in [0.2, 0.25) is 0 Å². The van der Waals surface area contributed by atoms with Crippen LogP contribution in [0.15, 0.2) is 54.6 Å². The molecule has 1 amide bonds. The second-order valence-corrected chi connectivity index (χ2v) is 5.27. The van der Waals surface area contributed by atoms with E-state index in [0.717, 1.165) is 5.30 Å². The molecule has 0 aliphatic heterocycles. The van der Waals surface area contributed by atoms with Crippen LogP contribution in [0.2, 0.25) is 0 Å². The number of rotatable bonds is 3. The number of nitrogens with two attached hydrogens (primary N) is 1. The van der Waals surface area contributed by atoms with E-state index in [-0.39, 0.29) is 5.91 Å². The van der Waals surface area contributed by atoms with E-state index in [1.165, 1.54) is 0 Å². The number of hydrazine groups is 1. The van der Waals surface area contributed by atoms with Gasteiger partial charge < -0.3 is 0 Å². The first-order valence-electron chi connectivity index (χ1n) is 5.35. The minimum absolute atomic E-state index is 0.364. The first-order valence-corrected chi connectivity index (χ1v) is 6.61. The van der Waals surface area contributed by atoms with Gasteiger partial charge in [0.05, 0.1) is 0 Å². The Bertz CT molecular complexity index is 567. The van der Waals surface area contributed by atoms with Crippen LogP contribution in [0.5, 0.6) is 0 Å². The quantitative estimate of drug-likeness (QED) is 0.375. The van der Waals surface area contributed by atoms with Gasteiger partial charge in [-0.1, -0.05) is 22.8 Å². The van der Waals surface area contributed by atoms with Crippen molar-refractivity contribution >= 4 is 24.3 Å². The van der Waals surface area contributed by atoms with Crippen LogP contribution in [0, 0.1) is 0 Å². The third-order valence-corrected chi connectivity index (χ3v) is 4.02. The van der Waals surface area contributed by atoms with E-state index in [0.29, 0.717) is 10.9 Å². The number of nitrogen functional groups attached to an aromatic ring is 1. The van der Waals surface area contributed by atoms with Crippen molar-refractivity contribution in [1.29, 1.82) is 0 Å². The summed E-state index contributed by atoms with van der Waals surface area (Å²) in [6.45, 7) is 0. The highest BCUT2D eigenvalue weighted by Gasteiger charge is 2.22. The van der Waals surface area contributed by atoms with Gasteiger partial charge in [-0.25, -0.2) is 5.84 Å². The summed E-state index contributed by atoms with van der Waals surface area (Å²) in [5, 5.41) is 1.45. The molecule has 5 heteroatoms. The number of carbonyl (C=O) groups excluding carboxylic acids is 1. The third-order valence-electron chi connectivity index (χ3n) is 2.49. The summed E-state index contributed by atoms with van der Waals surface area (Å²) in [6.07, 6.45) is 0. The average molecular weight is 259 g/mol. The van der Waals surface area contributed by atoms with Gasteiger partial charge >= 0.3 is 7.80 Å². The molecule has 0 fully saturated rings. The van der Waals surface area contributed by atoms with Crippen LogP contribution in [0.3, 0.4) is 0 Å². The summed E-state index contributed by atoms with van der Waals surface area (Å²) in [4.78, 5) is 11.3. The zero-order valence-corrected chi connectivity index (χ0v) is 10.4. The van der Waals surface area contributed by atoms with Crippen LogP contribution >= 0.6 is 7.80 Å². The molecule has 1 atom stereocenters. The summed E-state index contributed by atoms with van der Waals surface area (Å²) >= 11 is 0. The van der Waals surface area contributed by atoms with Gasteiger partial charge in [-0.3, -0.25) is 10.2 Å². The van der Waals surface area contributed by atoms with Gasteiger partial charge in [0.1, 0.15) is 0 Å². The van der Waals surface area contributed by atoms with Crippen molar-refractivity contribution in [2.45, 2.75) is 0 Å². The monoisotopic (exact) mass is 259 g/mol. The number of nitrogens with one attached hydrogen (secondary N) is 1. The van der Waals surface area contributed by atoms with E-state index >= 15 is 0 Å². The molecular weight excluding hydrogens is 247 g/mol. The number of hydrogen-bond acceptors (Lipinski definition) is 3. The van der Waals surface area contributed by atoms with Gasteiger partial charge in [-0.15, -0.1) is 0 Å². The Morgan fingerprint density at radius 1 is 0.944 bits per heavy atom. The highest BCUT2D eigenvalue weighted by Crippen LogP contribution is 2.19. The van der Waals surface area contributed by atoms with Crippen molar-refractivity contribution < 1.29 is 9.36 Å². The Hall–Kier alpha value is -2.03. The largest absolute Gasteiger partial charge is 0.415 e. The van der Waals surface area contributed by atoms with E-state index in [1.54, 1.807) is 24.3 Å². The number of hydrogen-bond donors (Lipinski definition) is 2. The van der Waals surface area contributed by atoms with Gasteiger partial charge in [-0.05, 0) is 36.4 Å². The predicted molar refractivity (Wildman–Crippen MR) is 71.4 cm³/mol. The van der Waals surface area contributed by atoms with Gasteiger partial charge in [0.25, 0.3) is 5.91 Å². The van der Waals surface area contributed by atoms with Crippen molar-refractivity contribution in [1.82, 2.24) is 5.43 Å². The summed E-state index contributed by atoms with van der Waals surface area (Å²) in [6, 6.07) is 15.8. The van der Waals surface area contributed by atoms with Crippen molar-refractivity contribution in [3.8, 4) is 0 Å². The Morgan fingerprint density at radius 2 is 1.50 bits per heavy atom. The Kier molecular flexibility index (Phi) is 3.82. The van der Waals surface area contributed by atoms with Crippen LogP contribution in [-0.4, -0.2) is 5.91 Å². The van der Waals surface area contributed by atoms with E-state index in [9.17, 15) is 9.36 Å². The molecule has 0 aliphatic carbocycles. The van der Waals surface area contributed by atoms with E-state index in [2.05, 4.69) is 0 Å². The summed E-state index contributed by atoms with van der Waals surface area (Å²) in [7, 11) is -1.62. The maximum absolute atomic E-state index is 12.2. The molecule has 0 radical (unpaired) electrons. The van der Waals surface area contributed by atoms with Crippen LogP contribution in [0.1, 0.15) is 10.4 Å². The van der Waals surface area contributed by atoms with Gasteiger partial charge in [0.15, 0.2) is 10.6 Å². The number of benzene rings is 2. The fraction of sp³-hybridized carbons (Fsp3) is 0. The lowest BCUT2D eigenvalue weighted by Crippen LogP contribution is -2.30. The van der Waals surface area contributed by atoms with Crippen LogP contribution < -0.4 is 21.9 Å². The Balaban J connectivity index is 2.25. The van der Waals surface area contributed by atoms with Crippen LogP contribution in [0.4, 0.5) is 0 Å². The molecule has 0 spiro atoms. The van der Waals surface area contributed by atoms with Crippen LogP contribution in [-0.2, 0) is 4.57 Å². The van der Waals surface area contributed by atoms with E-state index < -0.39 is 7.80 Å². The fourth-order valence-corrected chi connectivity index (χ4v) is 2.70. The fourth-order valence-electron chi connectivity index (χ4n) is 1.54. The molecule has 2 aromatic rings. The molecule has 2 rings (SSSR count). The lowest BCUT2D eigenvalue weighted by atomic mass is 10.2. The molecule has 0 aliphatic rings. The van der Waals surface area contributed by atoms with Crippen molar-refractivity contribution in [3.05, 3.63) is 60.2 Å². The summed E-state index contributed by atoms with van der Waals surface area (Å²) < 4.78 is 12.2. The number of amides is 1. The van der Waals surface area contributed by atoms with Gasteiger partial charge in [-0.2, -0.15) is 0 Å². The van der Waals surface area contributed by atoms with E-state index in [1.807, 2.05) is 35.8 Å². The molecule has 0 bridgehead atoms. The van der Waals surface area contributed by atoms with E-state index in [4.69, 9.17) is 5.84 Å². The molecule has 90 valence electrons. The molecule has 4 nitrogen and oxygen atoms in total. The first-order chi connectivity index (χ1) is 8.72. The SMILES string of the molecule is NNC(=O)c1ccc([P+](=O)c2ccccc2)cc1. The molecule has 3 N–H and O–H groups in total. The minimum Gasteiger partial charge on any atom is -0.290 e. The van der Waals surface area contributed by atoms with Crippen molar-refractivity contribution in [3.63, 3.8) is 0 Å². The highest BCUT2D eigenvalue weighted by molar-refractivity contribution is 7.61. The van der Waals surface area contributed by atoms with Gasteiger partial charge in [0, 0.05) is 5.56 Å². The lowest BCUT2D eigenvalue weighted by molar-refractivity contribution is 0.0953. The Labute approximate surface area is 106 Å². The van der Waals surface area contributed by atoms with Crippen molar-refractivity contribution in [2.24, 2.45) is 5.84 Å². The molecule has 18 heavy (non-hydrogen) atoms. The van der Waals surface area contributed by atoms with Crippen molar-refractivity contribution in [2.75, 3.05) is 0 Å².